The van der Waals surface area contributed by atoms with E-state index in [-0.39, 0.29) is 43.8 Å². The summed E-state index contributed by atoms with van der Waals surface area (Å²) in [6.45, 7) is 3.00. The summed E-state index contributed by atoms with van der Waals surface area (Å²) in [6, 6.07) is 13.7. The van der Waals surface area contributed by atoms with Gasteiger partial charge in [-0.1, -0.05) is 30.3 Å². The molecule has 0 saturated carbocycles. The number of fused-ring (bicyclic) bond motifs is 3. The van der Waals surface area contributed by atoms with Crippen LogP contribution in [-0.2, 0) is 43.4 Å². The molecule has 190 valence electrons. The van der Waals surface area contributed by atoms with Crippen molar-refractivity contribution in [3.05, 3.63) is 71.2 Å². The van der Waals surface area contributed by atoms with Crippen LogP contribution < -0.4 is 5.32 Å². The van der Waals surface area contributed by atoms with Gasteiger partial charge in [-0.05, 0) is 42.7 Å². The van der Waals surface area contributed by atoms with E-state index in [1.807, 2.05) is 24.3 Å². The van der Waals surface area contributed by atoms with Crippen molar-refractivity contribution in [3.8, 4) is 0 Å². The highest BCUT2D eigenvalue weighted by atomic mass is 19.1. The third-order valence-electron chi connectivity index (χ3n) is 6.44. The summed E-state index contributed by atoms with van der Waals surface area (Å²) in [5, 5.41) is 3.86. The number of nitrogens with zero attached hydrogens (tertiary/aromatic N) is 2. The van der Waals surface area contributed by atoms with Crippen molar-refractivity contribution in [2.24, 2.45) is 0 Å². The molecule has 0 radical (unpaired) electrons. The van der Waals surface area contributed by atoms with Crippen molar-refractivity contribution in [1.29, 1.82) is 0 Å². The number of amides is 1. The number of nitrogens with one attached hydrogen (secondary N) is 1. The van der Waals surface area contributed by atoms with Gasteiger partial charge in [0, 0.05) is 36.2 Å². The van der Waals surface area contributed by atoms with Crippen molar-refractivity contribution in [1.82, 2.24) is 14.8 Å². The molecule has 9 heteroatoms. The molecular weight excluding hydrogens is 465 g/mol. The van der Waals surface area contributed by atoms with Gasteiger partial charge in [0.1, 0.15) is 5.82 Å². The summed E-state index contributed by atoms with van der Waals surface area (Å²) in [4.78, 5) is 38.9. The van der Waals surface area contributed by atoms with Crippen LogP contribution in [0.2, 0.25) is 0 Å². The lowest BCUT2D eigenvalue weighted by molar-refractivity contribution is -0.144. The fourth-order valence-electron chi connectivity index (χ4n) is 4.71. The van der Waals surface area contributed by atoms with Crippen molar-refractivity contribution in [2.75, 3.05) is 26.8 Å². The fraction of sp³-hybridized carbons (Fsp3) is 0.370. The summed E-state index contributed by atoms with van der Waals surface area (Å²) in [5.74, 6) is -1.37. The Morgan fingerprint density at radius 1 is 1.08 bits per heavy atom. The molecule has 2 aromatic carbocycles. The summed E-state index contributed by atoms with van der Waals surface area (Å²) >= 11 is 0. The van der Waals surface area contributed by atoms with Crippen LogP contribution in [-0.4, -0.2) is 60.2 Å². The van der Waals surface area contributed by atoms with Crippen LogP contribution in [0.15, 0.2) is 48.5 Å². The summed E-state index contributed by atoms with van der Waals surface area (Å²) in [5.41, 5.74) is 3.99. The van der Waals surface area contributed by atoms with E-state index < -0.39 is 12.0 Å². The van der Waals surface area contributed by atoms with Crippen LogP contribution in [0.25, 0.3) is 10.9 Å². The maximum atomic E-state index is 13.5. The first-order valence-electron chi connectivity index (χ1n) is 12.0. The highest BCUT2D eigenvalue weighted by Crippen LogP contribution is 2.34. The molecule has 1 aliphatic heterocycles. The number of aromatic nitrogens is 1. The van der Waals surface area contributed by atoms with E-state index in [0.717, 1.165) is 27.7 Å². The topological polar surface area (TPSA) is 89.9 Å². The molecule has 1 aliphatic rings. The Morgan fingerprint density at radius 3 is 2.56 bits per heavy atom. The zero-order chi connectivity index (χ0) is 25.7. The zero-order valence-corrected chi connectivity index (χ0v) is 20.5. The minimum Gasteiger partial charge on any atom is -0.468 e. The molecule has 0 aliphatic carbocycles. The molecule has 1 amide bonds. The highest BCUT2D eigenvalue weighted by molar-refractivity contribution is 5.89. The third-order valence-corrected chi connectivity index (χ3v) is 6.44. The molecule has 1 atom stereocenters. The number of halogens is 1. The van der Waals surface area contributed by atoms with E-state index in [0.29, 0.717) is 19.5 Å². The first-order chi connectivity index (χ1) is 17.4. The average molecular weight is 496 g/mol. The first-order valence-corrected chi connectivity index (χ1v) is 12.0. The lowest BCUT2D eigenvalue weighted by Crippen LogP contribution is -2.52. The molecule has 3 aromatic rings. The monoisotopic (exact) mass is 495 g/mol. The minimum absolute atomic E-state index is 0.0516. The maximum Gasteiger partial charge on any atom is 0.319 e. The second-order valence-corrected chi connectivity index (χ2v) is 8.70. The molecule has 0 spiro atoms. The fourth-order valence-corrected chi connectivity index (χ4v) is 4.71. The molecule has 2 heterocycles. The molecular formula is C27H30FN3O5. The number of hydrogen-bond donors (Lipinski definition) is 1. The Hall–Kier alpha value is -3.72. The molecule has 0 saturated heterocycles. The van der Waals surface area contributed by atoms with E-state index in [4.69, 9.17) is 9.47 Å². The van der Waals surface area contributed by atoms with Crippen molar-refractivity contribution in [3.63, 3.8) is 0 Å². The molecule has 1 unspecified atom stereocenters. The van der Waals surface area contributed by atoms with E-state index in [1.54, 1.807) is 24.0 Å². The number of esters is 2. The van der Waals surface area contributed by atoms with Gasteiger partial charge in [0.25, 0.3) is 0 Å². The summed E-state index contributed by atoms with van der Waals surface area (Å²) < 4.78 is 25.4. The van der Waals surface area contributed by atoms with Crippen LogP contribution in [0.3, 0.4) is 0 Å². The van der Waals surface area contributed by atoms with Gasteiger partial charge in [-0.15, -0.1) is 0 Å². The molecule has 8 nitrogen and oxygen atoms in total. The Balaban J connectivity index is 1.65. The van der Waals surface area contributed by atoms with Gasteiger partial charge in [0.05, 0.1) is 32.7 Å². The minimum atomic E-state index is -0.608. The van der Waals surface area contributed by atoms with Gasteiger partial charge >= 0.3 is 11.9 Å². The van der Waals surface area contributed by atoms with E-state index >= 15 is 0 Å². The first kappa shape index (κ1) is 25.4. The van der Waals surface area contributed by atoms with Crippen LogP contribution in [0.4, 0.5) is 4.39 Å². The van der Waals surface area contributed by atoms with Crippen LogP contribution in [0, 0.1) is 5.82 Å². The number of carbonyl (C=O) groups excluding carboxylic acids is 3. The SMILES string of the molecule is CCOC(=O)CCNC(=O)C1Cc2c(n(Cc3ccc(F)cc3)c3ccccc23)CN1CC(=O)OC. The Morgan fingerprint density at radius 2 is 1.83 bits per heavy atom. The van der Waals surface area contributed by atoms with Gasteiger partial charge in [-0.3, -0.25) is 19.3 Å². The van der Waals surface area contributed by atoms with Gasteiger partial charge in [-0.2, -0.15) is 0 Å². The number of methoxy groups -OCH3 is 1. The lowest BCUT2D eigenvalue weighted by Gasteiger charge is -2.34. The van der Waals surface area contributed by atoms with Crippen LogP contribution in [0.5, 0.6) is 0 Å². The van der Waals surface area contributed by atoms with E-state index in [9.17, 15) is 18.8 Å². The third kappa shape index (κ3) is 5.57. The molecule has 0 fully saturated rings. The Kier molecular flexibility index (Phi) is 8.00. The lowest BCUT2D eigenvalue weighted by atomic mass is 9.95. The molecule has 4 rings (SSSR count). The zero-order valence-electron chi connectivity index (χ0n) is 20.5. The predicted octanol–water partition coefficient (Wildman–Crippen LogP) is 2.80. The van der Waals surface area contributed by atoms with Crippen molar-refractivity contribution >= 4 is 28.7 Å². The van der Waals surface area contributed by atoms with Crippen LogP contribution >= 0.6 is 0 Å². The van der Waals surface area contributed by atoms with Gasteiger partial charge in [-0.25, -0.2) is 4.39 Å². The van der Waals surface area contributed by atoms with Crippen molar-refractivity contribution < 1.29 is 28.2 Å². The normalized spacial score (nSPS) is 15.4. The number of carbonyl (C=O) groups is 3. The number of rotatable bonds is 9. The van der Waals surface area contributed by atoms with Crippen molar-refractivity contribution in [2.45, 2.75) is 38.9 Å². The van der Waals surface area contributed by atoms with Gasteiger partial charge in [0.2, 0.25) is 5.91 Å². The number of hydrogen-bond acceptors (Lipinski definition) is 6. The predicted molar refractivity (Wildman–Crippen MR) is 132 cm³/mol. The summed E-state index contributed by atoms with van der Waals surface area (Å²) in [6.07, 6.45) is 0.472. The molecule has 1 aromatic heterocycles. The van der Waals surface area contributed by atoms with E-state index in [2.05, 4.69) is 9.88 Å². The standard InChI is InChI=1S/C27H30FN3O5/c1-3-36-25(32)12-13-29-27(34)23-14-21-20-6-4-5-7-22(20)31(15-18-8-10-19(28)11-9-18)24(21)16-30(23)17-26(33)35-2/h4-11,23H,3,12-17H2,1-2H3,(H,29,34). The van der Waals surface area contributed by atoms with Gasteiger partial charge in [0.15, 0.2) is 0 Å². The maximum absolute atomic E-state index is 13.5. The Labute approximate surface area is 209 Å². The highest BCUT2D eigenvalue weighted by Gasteiger charge is 2.36. The molecule has 36 heavy (non-hydrogen) atoms. The summed E-state index contributed by atoms with van der Waals surface area (Å²) in [7, 11) is 1.32. The molecule has 0 bridgehead atoms. The second kappa shape index (κ2) is 11.3. The number of para-hydroxylation sites is 1. The smallest absolute Gasteiger partial charge is 0.319 e. The largest absolute Gasteiger partial charge is 0.468 e. The number of benzene rings is 2. The molecule has 1 N–H and O–H groups in total. The number of ether oxygens (including phenoxy) is 2. The quantitative estimate of drug-likeness (QED) is 0.459. The Bertz CT molecular complexity index is 1250. The van der Waals surface area contributed by atoms with E-state index in [1.165, 1.54) is 19.2 Å². The average Bonchev–Trinajstić information content (AvgIpc) is 3.17. The van der Waals surface area contributed by atoms with Crippen LogP contribution in [0.1, 0.15) is 30.2 Å². The second-order valence-electron chi connectivity index (χ2n) is 8.70. The van der Waals surface area contributed by atoms with Gasteiger partial charge < -0.3 is 19.4 Å².